The van der Waals surface area contributed by atoms with Crippen LogP contribution < -0.4 is 4.90 Å². The number of nitriles is 1. The number of benzene rings is 1. The van der Waals surface area contributed by atoms with E-state index in [2.05, 4.69) is 19.1 Å². The second kappa shape index (κ2) is 6.55. The van der Waals surface area contributed by atoms with Crippen LogP contribution in [0.2, 0.25) is 0 Å². The molecule has 23 heavy (non-hydrogen) atoms. The zero-order valence-corrected chi connectivity index (χ0v) is 14.4. The zero-order chi connectivity index (χ0) is 16.4. The molecule has 3 rings (SSSR count). The van der Waals surface area contributed by atoms with Crippen molar-refractivity contribution in [1.82, 2.24) is 0 Å². The smallest absolute Gasteiger partial charge is 0.268 e. The predicted octanol–water partition coefficient (Wildman–Crippen LogP) is 4.41. The molecule has 2 aromatic rings. The molecule has 118 valence electrons. The predicted molar refractivity (Wildman–Crippen MR) is 94.2 cm³/mol. The maximum atomic E-state index is 13.0. The third-order valence-electron chi connectivity index (χ3n) is 4.45. The molecule has 0 unspecified atom stereocenters. The van der Waals surface area contributed by atoms with Gasteiger partial charge in [0.1, 0.15) is 0 Å². The lowest BCUT2D eigenvalue weighted by Gasteiger charge is -2.22. The first-order valence-electron chi connectivity index (χ1n) is 7.98. The van der Waals surface area contributed by atoms with E-state index in [0.717, 1.165) is 29.0 Å². The first kappa shape index (κ1) is 15.8. The van der Waals surface area contributed by atoms with Crippen molar-refractivity contribution in [2.24, 2.45) is 0 Å². The number of carbonyl (C=O) groups is 1. The fraction of sp³-hybridized carbons (Fsp3) is 0.368. The third-order valence-corrected chi connectivity index (χ3v) is 5.68. The summed E-state index contributed by atoms with van der Waals surface area (Å²) in [6.07, 6.45) is 3.71. The summed E-state index contributed by atoms with van der Waals surface area (Å²) in [7, 11) is 0. The highest BCUT2D eigenvalue weighted by Crippen LogP contribution is 2.32. The average molecular weight is 324 g/mol. The van der Waals surface area contributed by atoms with Gasteiger partial charge in [0.25, 0.3) is 5.91 Å². The van der Waals surface area contributed by atoms with E-state index in [4.69, 9.17) is 5.26 Å². The van der Waals surface area contributed by atoms with Gasteiger partial charge in [-0.3, -0.25) is 4.79 Å². The molecule has 4 heteroatoms. The minimum absolute atomic E-state index is 0.0166. The van der Waals surface area contributed by atoms with Crippen LogP contribution in [-0.2, 0) is 12.8 Å². The van der Waals surface area contributed by atoms with Crippen molar-refractivity contribution in [2.75, 3.05) is 11.4 Å². The summed E-state index contributed by atoms with van der Waals surface area (Å²) in [5.74, 6) is 0.0166. The van der Waals surface area contributed by atoms with Crippen LogP contribution in [0.25, 0.3) is 0 Å². The van der Waals surface area contributed by atoms with Gasteiger partial charge >= 0.3 is 0 Å². The number of carbonyl (C=O) groups excluding carboxylic acids is 1. The lowest BCUT2D eigenvalue weighted by molar-refractivity contribution is 0.0991. The number of fused-ring (bicyclic) bond motifs is 1. The normalized spacial score (nSPS) is 12.7. The Labute approximate surface area is 141 Å². The number of rotatable bonds is 4. The van der Waals surface area contributed by atoms with Crippen LogP contribution in [0.4, 0.5) is 5.69 Å². The molecule has 0 radical (unpaired) electrons. The lowest BCUT2D eigenvalue weighted by atomic mass is 10.1. The van der Waals surface area contributed by atoms with E-state index >= 15 is 0 Å². The molecule has 1 amide bonds. The summed E-state index contributed by atoms with van der Waals surface area (Å²) in [5, 5.41) is 8.92. The molecular weight excluding hydrogens is 304 g/mol. The molecule has 1 aliphatic rings. The van der Waals surface area contributed by atoms with E-state index in [1.54, 1.807) is 16.2 Å². The summed E-state index contributed by atoms with van der Waals surface area (Å²) < 4.78 is 0. The zero-order valence-electron chi connectivity index (χ0n) is 13.6. The molecule has 0 aliphatic heterocycles. The van der Waals surface area contributed by atoms with Crippen LogP contribution in [0, 0.1) is 25.2 Å². The van der Waals surface area contributed by atoms with Gasteiger partial charge in [-0.15, -0.1) is 11.3 Å². The molecule has 0 spiro atoms. The molecule has 1 aliphatic carbocycles. The highest BCUT2D eigenvalue weighted by Gasteiger charge is 2.23. The molecule has 0 saturated carbocycles. The number of hydrogen-bond acceptors (Lipinski definition) is 3. The molecule has 0 fully saturated rings. The van der Waals surface area contributed by atoms with Gasteiger partial charge in [-0.25, -0.2) is 0 Å². The average Bonchev–Trinajstić information content (AvgIpc) is 3.12. The van der Waals surface area contributed by atoms with Gasteiger partial charge in [0.15, 0.2) is 0 Å². The highest BCUT2D eigenvalue weighted by molar-refractivity contribution is 7.14. The molecule has 1 aromatic heterocycles. The minimum atomic E-state index is 0.0166. The van der Waals surface area contributed by atoms with Gasteiger partial charge in [0.2, 0.25) is 0 Å². The van der Waals surface area contributed by atoms with Gasteiger partial charge in [0, 0.05) is 17.1 Å². The molecule has 0 saturated heterocycles. The van der Waals surface area contributed by atoms with E-state index in [1.165, 1.54) is 22.4 Å². The number of anilines is 1. The van der Waals surface area contributed by atoms with Crippen molar-refractivity contribution < 1.29 is 4.79 Å². The summed E-state index contributed by atoms with van der Waals surface area (Å²) >= 11 is 1.62. The van der Waals surface area contributed by atoms with Gasteiger partial charge < -0.3 is 4.90 Å². The Kier molecular flexibility index (Phi) is 4.49. The highest BCUT2D eigenvalue weighted by atomic mass is 32.1. The van der Waals surface area contributed by atoms with Crippen molar-refractivity contribution in [1.29, 1.82) is 5.26 Å². The molecule has 0 atom stereocenters. The third kappa shape index (κ3) is 3.16. The quantitative estimate of drug-likeness (QED) is 0.836. The topological polar surface area (TPSA) is 44.1 Å². The summed E-state index contributed by atoms with van der Waals surface area (Å²) in [5.41, 5.74) is 4.57. The Bertz CT molecular complexity index is 764. The van der Waals surface area contributed by atoms with E-state index in [9.17, 15) is 4.79 Å². The fourth-order valence-corrected chi connectivity index (χ4v) is 4.17. The van der Waals surface area contributed by atoms with Crippen LogP contribution in [0.15, 0.2) is 24.3 Å². The van der Waals surface area contributed by atoms with Gasteiger partial charge in [-0.1, -0.05) is 6.07 Å². The molecule has 0 bridgehead atoms. The largest absolute Gasteiger partial charge is 0.307 e. The van der Waals surface area contributed by atoms with E-state index in [-0.39, 0.29) is 5.91 Å². The lowest BCUT2D eigenvalue weighted by Crippen LogP contribution is -2.31. The Morgan fingerprint density at radius 2 is 2.09 bits per heavy atom. The first-order chi connectivity index (χ1) is 11.1. The number of thiophene rings is 1. The minimum Gasteiger partial charge on any atom is -0.307 e. The van der Waals surface area contributed by atoms with Crippen molar-refractivity contribution in [3.8, 4) is 6.07 Å². The molecule has 3 nitrogen and oxygen atoms in total. The van der Waals surface area contributed by atoms with Crippen LogP contribution in [-0.4, -0.2) is 12.5 Å². The second-order valence-electron chi connectivity index (χ2n) is 6.05. The Morgan fingerprint density at radius 3 is 2.78 bits per heavy atom. The van der Waals surface area contributed by atoms with Crippen LogP contribution >= 0.6 is 11.3 Å². The van der Waals surface area contributed by atoms with Crippen LogP contribution in [0.5, 0.6) is 0 Å². The standard InChI is InChI=1S/C19H20N2OS/c1-13-7-8-16(11-14(13)2)21(10-4-9-20)19(22)18-12-15-5-3-6-17(15)23-18/h7-8,11-12H,3-6,10H2,1-2H3. The summed E-state index contributed by atoms with van der Waals surface area (Å²) in [6, 6.07) is 10.2. The number of nitrogens with zero attached hydrogens (tertiary/aromatic N) is 2. The number of amides is 1. The van der Waals surface area contributed by atoms with Gasteiger partial charge in [-0.05, 0) is 68.0 Å². The Balaban J connectivity index is 1.92. The van der Waals surface area contributed by atoms with Crippen molar-refractivity contribution in [3.63, 3.8) is 0 Å². The molecule has 0 N–H and O–H groups in total. The molecule has 1 heterocycles. The van der Waals surface area contributed by atoms with Gasteiger partial charge in [-0.2, -0.15) is 5.26 Å². The summed E-state index contributed by atoms with van der Waals surface area (Å²) in [6.45, 7) is 4.54. The number of hydrogen-bond donors (Lipinski definition) is 0. The monoisotopic (exact) mass is 324 g/mol. The van der Waals surface area contributed by atoms with Crippen molar-refractivity contribution in [3.05, 3.63) is 50.7 Å². The van der Waals surface area contributed by atoms with Crippen LogP contribution in [0.3, 0.4) is 0 Å². The first-order valence-corrected chi connectivity index (χ1v) is 8.79. The SMILES string of the molecule is Cc1ccc(N(CCC#N)C(=O)c2cc3c(s2)CCC3)cc1C. The maximum Gasteiger partial charge on any atom is 0.268 e. The molecular formula is C19H20N2OS. The van der Waals surface area contributed by atoms with Crippen LogP contribution in [0.1, 0.15) is 44.1 Å². The van der Waals surface area contributed by atoms with E-state index in [0.29, 0.717) is 13.0 Å². The number of aryl methyl sites for hydroxylation is 4. The Morgan fingerprint density at radius 1 is 1.26 bits per heavy atom. The molecule has 1 aromatic carbocycles. The summed E-state index contributed by atoms with van der Waals surface area (Å²) in [4.78, 5) is 16.9. The van der Waals surface area contributed by atoms with E-state index in [1.807, 2.05) is 25.1 Å². The van der Waals surface area contributed by atoms with Gasteiger partial charge in [0.05, 0.1) is 17.4 Å². The maximum absolute atomic E-state index is 13.0. The van der Waals surface area contributed by atoms with Crippen molar-refractivity contribution in [2.45, 2.75) is 39.5 Å². The Hall–Kier alpha value is -2.12. The van der Waals surface area contributed by atoms with Crippen molar-refractivity contribution >= 4 is 22.9 Å². The second-order valence-corrected chi connectivity index (χ2v) is 7.18. The fourth-order valence-electron chi connectivity index (χ4n) is 2.97. The van der Waals surface area contributed by atoms with E-state index < -0.39 is 0 Å².